The Hall–Kier alpha value is -0.570. The van der Waals surface area contributed by atoms with Crippen molar-refractivity contribution in [3.63, 3.8) is 0 Å². The van der Waals surface area contributed by atoms with Crippen LogP contribution in [-0.2, 0) is 4.79 Å². The van der Waals surface area contributed by atoms with Gasteiger partial charge in [0.1, 0.15) is 0 Å². The fraction of sp³-hybridized carbons (Fsp3) is 0.933. The SMILES string of the molecule is CCC1CCN(C(=O)CC2CCC(CN)CC2)C1. The number of rotatable bonds is 4. The lowest BCUT2D eigenvalue weighted by Gasteiger charge is -2.28. The molecular formula is C15H28N2O. The summed E-state index contributed by atoms with van der Waals surface area (Å²) in [6.45, 7) is 5.06. The minimum absolute atomic E-state index is 0.405. The van der Waals surface area contributed by atoms with Crippen molar-refractivity contribution < 1.29 is 4.79 Å². The third-order valence-corrected chi connectivity index (χ3v) is 4.98. The minimum Gasteiger partial charge on any atom is -0.342 e. The zero-order valence-corrected chi connectivity index (χ0v) is 11.7. The van der Waals surface area contributed by atoms with Gasteiger partial charge in [-0.2, -0.15) is 0 Å². The van der Waals surface area contributed by atoms with Gasteiger partial charge in [-0.3, -0.25) is 4.79 Å². The monoisotopic (exact) mass is 252 g/mol. The summed E-state index contributed by atoms with van der Waals surface area (Å²) >= 11 is 0. The average molecular weight is 252 g/mol. The molecule has 1 aliphatic heterocycles. The molecule has 2 rings (SSSR count). The third kappa shape index (κ3) is 3.47. The maximum Gasteiger partial charge on any atom is 0.222 e. The Morgan fingerprint density at radius 2 is 1.78 bits per heavy atom. The molecule has 0 spiro atoms. The molecular weight excluding hydrogens is 224 g/mol. The van der Waals surface area contributed by atoms with Gasteiger partial charge in [-0.1, -0.05) is 13.3 Å². The number of nitrogens with zero attached hydrogens (tertiary/aromatic N) is 1. The molecule has 0 aromatic carbocycles. The number of hydrogen-bond donors (Lipinski definition) is 1. The molecule has 3 heteroatoms. The van der Waals surface area contributed by atoms with Crippen LogP contribution in [0.4, 0.5) is 0 Å². The Bertz CT molecular complexity index is 272. The predicted molar refractivity (Wildman–Crippen MR) is 74.1 cm³/mol. The number of carbonyl (C=O) groups is 1. The second-order valence-corrected chi connectivity index (χ2v) is 6.23. The van der Waals surface area contributed by atoms with Crippen molar-refractivity contribution in [2.24, 2.45) is 23.5 Å². The van der Waals surface area contributed by atoms with Gasteiger partial charge in [0.2, 0.25) is 5.91 Å². The van der Waals surface area contributed by atoms with Crippen LogP contribution in [-0.4, -0.2) is 30.4 Å². The number of carbonyl (C=O) groups excluding carboxylic acids is 1. The number of nitrogens with two attached hydrogens (primary N) is 1. The molecule has 2 fully saturated rings. The molecule has 1 unspecified atom stereocenters. The number of likely N-dealkylation sites (tertiary alicyclic amines) is 1. The van der Waals surface area contributed by atoms with Crippen LogP contribution in [0.15, 0.2) is 0 Å². The van der Waals surface area contributed by atoms with E-state index in [9.17, 15) is 4.79 Å². The van der Waals surface area contributed by atoms with Crippen molar-refractivity contribution >= 4 is 5.91 Å². The van der Waals surface area contributed by atoms with Crippen LogP contribution < -0.4 is 5.73 Å². The lowest BCUT2D eigenvalue weighted by Crippen LogP contribution is -2.31. The van der Waals surface area contributed by atoms with Crippen molar-refractivity contribution in [1.82, 2.24) is 4.90 Å². The maximum absolute atomic E-state index is 12.2. The molecule has 0 aromatic rings. The molecule has 1 heterocycles. The molecule has 18 heavy (non-hydrogen) atoms. The number of amides is 1. The summed E-state index contributed by atoms with van der Waals surface area (Å²) in [6, 6.07) is 0. The Morgan fingerprint density at radius 1 is 1.11 bits per heavy atom. The van der Waals surface area contributed by atoms with Gasteiger partial charge in [-0.05, 0) is 56.4 Å². The molecule has 1 aliphatic carbocycles. The zero-order valence-electron chi connectivity index (χ0n) is 11.7. The Labute approximate surface area is 111 Å². The minimum atomic E-state index is 0.405. The highest BCUT2D eigenvalue weighted by Gasteiger charge is 2.28. The summed E-state index contributed by atoms with van der Waals surface area (Å²) in [6.07, 6.45) is 8.08. The first kappa shape index (κ1) is 13.9. The van der Waals surface area contributed by atoms with E-state index in [1.807, 2.05) is 0 Å². The first-order chi connectivity index (χ1) is 8.72. The summed E-state index contributed by atoms with van der Waals surface area (Å²) in [5.41, 5.74) is 5.70. The average Bonchev–Trinajstić information content (AvgIpc) is 2.88. The summed E-state index contributed by atoms with van der Waals surface area (Å²) in [7, 11) is 0. The second-order valence-electron chi connectivity index (χ2n) is 6.23. The largest absolute Gasteiger partial charge is 0.342 e. The van der Waals surface area contributed by atoms with Crippen molar-refractivity contribution in [3.05, 3.63) is 0 Å². The summed E-state index contributed by atoms with van der Waals surface area (Å²) in [5.74, 6) is 2.50. The van der Waals surface area contributed by atoms with Crippen LogP contribution in [0.2, 0.25) is 0 Å². The van der Waals surface area contributed by atoms with E-state index in [-0.39, 0.29) is 0 Å². The summed E-state index contributed by atoms with van der Waals surface area (Å²) in [4.78, 5) is 14.3. The highest BCUT2D eigenvalue weighted by Crippen LogP contribution is 2.31. The molecule has 3 nitrogen and oxygen atoms in total. The lowest BCUT2D eigenvalue weighted by molar-refractivity contribution is -0.131. The standard InChI is InChI=1S/C15H28N2O/c1-2-12-7-8-17(11-12)15(18)9-13-3-5-14(10-16)6-4-13/h12-14H,2-11,16H2,1H3. The third-order valence-electron chi connectivity index (χ3n) is 4.98. The van der Waals surface area contributed by atoms with Gasteiger partial charge in [0.15, 0.2) is 0 Å². The predicted octanol–water partition coefficient (Wildman–Crippen LogP) is 2.40. The van der Waals surface area contributed by atoms with E-state index in [1.54, 1.807) is 0 Å². The van der Waals surface area contributed by atoms with Gasteiger partial charge in [-0.25, -0.2) is 0 Å². The van der Waals surface area contributed by atoms with Crippen molar-refractivity contribution in [2.45, 2.75) is 51.9 Å². The maximum atomic E-state index is 12.2. The Kier molecular flexibility index (Phi) is 5.04. The van der Waals surface area contributed by atoms with Gasteiger partial charge in [-0.15, -0.1) is 0 Å². The quantitative estimate of drug-likeness (QED) is 0.835. The van der Waals surface area contributed by atoms with E-state index in [0.29, 0.717) is 17.7 Å². The van der Waals surface area contributed by atoms with Gasteiger partial charge in [0, 0.05) is 19.5 Å². The Balaban J connectivity index is 1.72. The van der Waals surface area contributed by atoms with Crippen molar-refractivity contribution in [2.75, 3.05) is 19.6 Å². The van der Waals surface area contributed by atoms with E-state index in [1.165, 1.54) is 38.5 Å². The molecule has 2 N–H and O–H groups in total. The molecule has 1 saturated carbocycles. The lowest BCUT2D eigenvalue weighted by atomic mass is 9.80. The van der Waals surface area contributed by atoms with E-state index in [4.69, 9.17) is 5.73 Å². The molecule has 0 aromatic heterocycles. The highest BCUT2D eigenvalue weighted by molar-refractivity contribution is 5.76. The van der Waals surface area contributed by atoms with E-state index in [2.05, 4.69) is 11.8 Å². The topological polar surface area (TPSA) is 46.3 Å². The summed E-state index contributed by atoms with van der Waals surface area (Å²) in [5, 5.41) is 0. The van der Waals surface area contributed by atoms with E-state index < -0.39 is 0 Å². The fourth-order valence-corrected chi connectivity index (χ4v) is 3.44. The first-order valence-electron chi connectivity index (χ1n) is 7.70. The molecule has 104 valence electrons. The number of hydrogen-bond acceptors (Lipinski definition) is 2. The summed E-state index contributed by atoms with van der Waals surface area (Å²) < 4.78 is 0. The molecule has 1 amide bonds. The highest BCUT2D eigenvalue weighted by atomic mass is 16.2. The fourth-order valence-electron chi connectivity index (χ4n) is 3.44. The van der Waals surface area contributed by atoms with Crippen LogP contribution in [0.3, 0.4) is 0 Å². The van der Waals surface area contributed by atoms with E-state index >= 15 is 0 Å². The van der Waals surface area contributed by atoms with Gasteiger partial charge in [0.05, 0.1) is 0 Å². The van der Waals surface area contributed by atoms with Crippen LogP contribution in [0, 0.1) is 17.8 Å². The molecule has 1 saturated heterocycles. The van der Waals surface area contributed by atoms with Gasteiger partial charge < -0.3 is 10.6 Å². The molecule has 2 aliphatic rings. The zero-order chi connectivity index (χ0) is 13.0. The first-order valence-corrected chi connectivity index (χ1v) is 7.70. The van der Waals surface area contributed by atoms with E-state index in [0.717, 1.165) is 32.0 Å². The Morgan fingerprint density at radius 3 is 2.33 bits per heavy atom. The van der Waals surface area contributed by atoms with Gasteiger partial charge >= 0.3 is 0 Å². The van der Waals surface area contributed by atoms with Crippen molar-refractivity contribution in [3.8, 4) is 0 Å². The smallest absolute Gasteiger partial charge is 0.222 e. The van der Waals surface area contributed by atoms with Crippen LogP contribution in [0.1, 0.15) is 51.9 Å². The van der Waals surface area contributed by atoms with Crippen LogP contribution >= 0.6 is 0 Å². The normalized spacial score (nSPS) is 32.8. The molecule has 1 atom stereocenters. The molecule has 0 bridgehead atoms. The van der Waals surface area contributed by atoms with Crippen LogP contribution in [0.25, 0.3) is 0 Å². The second kappa shape index (κ2) is 6.55. The van der Waals surface area contributed by atoms with Crippen LogP contribution in [0.5, 0.6) is 0 Å². The van der Waals surface area contributed by atoms with Gasteiger partial charge in [0.25, 0.3) is 0 Å². The van der Waals surface area contributed by atoms with Crippen molar-refractivity contribution in [1.29, 1.82) is 0 Å². The molecule has 0 radical (unpaired) electrons.